The highest BCUT2D eigenvalue weighted by Crippen LogP contribution is 2.38. The number of nitrogen functional groups attached to an aromatic ring is 1. The Morgan fingerprint density at radius 2 is 2.09 bits per heavy atom. The number of likely N-dealkylation sites (tertiary alicyclic amines) is 1. The zero-order chi connectivity index (χ0) is 16.0. The van der Waals surface area contributed by atoms with E-state index < -0.39 is 22.3 Å². The minimum absolute atomic E-state index is 0.0713. The Bertz CT molecular complexity index is 651. The van der Waals surface area contributed by atoms with Crippen molar-refractivity contribution >= 4 is 17.3 Å². The van der Waals surface area contributed by atoms with E-state index in [-0.39, 0.29) is 23.2 Å². The average Bonchev–Trinajstić information content (AvgIpc) is 3.02. The fraction of sp³-hybridized carbons (Fsp3) is 0.500. The second kappa shape index (κ2) is 5.20. The highest BCUT2D eigenvalue weighted by molar-refractivity contribution is 6.01. The molecule has 1 amide bonds. The van der Waals surface area contributed by atoms with Gasteiger partial charge in [0.25, 0.3) is 11.6 Å². The Morgan fingerprint density at radius 1 is 1.36 bits per heavy atom. The molecule has 118 valence electrons. The number of amides is 1. The van der Waals surface area contributed by atoms with E-state index in [9.17, 15) is 19.3 Å². The fourth-order valence-electron chi connectivity index (χ4n) is 3.58. The molecule has 7 nitrogen and oxygen atoms in total. The van der Waals surface area contributed by atoms with Gasteiger partial charge in [0.15, 0.2) is 0 Å². The summed E-state index contributed by atoms with van der Waals surface area (Å²) in [6, 6.07) is 1.75. The summed E-state index contributed by atoms with van der Waals surface area (Å²) in [6.07, 6.45) is 1.92. The van der Waals surface area contributed by atoms with Crippen LogP contribution in [0.25, 0.3) is 0 Å². The number of nitrogens with zero attached hydrogens (tertiary/aromatic N) is 2. The third-order valence-corrected chi connectivity index (χ3v) is 4.75. The summed E-state index contributed by atoms with van der Waals surface area (Å²) in [4.78, 5) is 24.2. The molecule has 1 aromatic rings. The van der Waals surface area contributed by atoms with E-state index in [2.05, 4.69) is 0 Å². The van der Waals surface area contributed by atoms with Gasteiger partial charge < -0.3 is 16.4 Å². The largest absolute Gasteiger partial charge is 0.393 e. The van der Waals surface area contributed by atoms with Crippen molar-refractivity contribution < 1.29 is 14.1 Å². The summed E-state index contributed by atoms with van der Waals surface area (Å²) in [5.74, 6) is -0.723. The van der Waals surface area contributed by atoms with Crippen LogP contribution in [0.5, 0.6) is 0 Å². The number of hydrogen-bond acceptors (Lipinski definition) is 5. The van der Waals surface area contributed by atoms with E-state index in [1.165, 1.54) is 0 Å². The predicted molar refractivity (Wildman–Crippen MR) is 77.6 cm³/mol. The molecule has 3 rings (SSSR count). The van der Waals surface area contributed by atoms with Gasteiger partial charge >= 0.3 is 0 Å². The van der Waals surface area contributed by atoms with E-state index in [0.717, 1.165) is 25.0 Å². The fourth-order valence-corrected chi connectivity index (χ4v) is 3.58. The maximum absolute atomic E-state index is 13.6. The van der Waals surface area contributed by atoms with Gasteiger partial charge in [-0.15, -0.1) is 0 Å². The normalized spacial score (nSPS) is 27.0. The van der Waals surface area contributed by atoms with Crippen molar-refractivity contribution in [2.75, 3.05) is 18.8 Å². The molecule has 1 aromatic carbocycles. The summed E-state index contributed by atoms with van der Waals surface area (Å²) < 4.78 is 13.6. The highest BCUT2D eigenvalue weighted by atomic mass is 19.1. The molecule has 22 heavy (non-hydrogen) atoms. The molecule has 3 unspecified atom stereocenters. The van der Waals surface area contributed by atoms with E-state index in [4.69, 9.17) is 11.5 Å². The lowest BCUT2D eigenvalue weighted by molar-refractivity contribution is -0.384. The maximum Gasteiger partial charge on any atom is 0.295 e. The van der Waals surface area contributed by atoms with Crippen LogP contribution in [0.15, 0.2) is 12.1 Å². The number of anilines is 1. The van der Waals surface area contributed by atoms with Gasteiger partial charge in [0.1, 0.15) is 11.5 Å². The van der Waals surface area contributed by atoms with Gasteiger partial charge in [0.2, 0.25) is 0 Å². The van der Waals surface area contributed by atoms with Crippen LogP contribution >= 0.6 is 0 Å². The van der Waals surface area contributed by atoms with Crippen molar-refractivity contribution in [2.45, 2.75) is 18.9 Å². The Morgan fingerprint density at radius 3 is 2.73 bits per heavy atom. The van der Waals surface area contributed by atoms with Gasteiger partial charge in [0.05, 0.1) is 16.6 Å². The summed E-state index contributed by atoms with van der Waals surface area (Å²) in [7, 11) is 0. The number of fused-ring (bicyclic) bond motifs is 1. The lowest BCUT2D eigenvalue weighted by atomic mass is 9.98. The molecule has 1 saturated carbocycles. The van der Waals surface area contributed by atoms with Gasteiger partial charge in [-0.25, -0.2) is 4.39 Å². The summed E-state index contributed by atoms with van der Waals surface area (Å²) >= 11 is 0. The van der Waals surface area contributed by atoms with Crippen molar-refractivity contribution in [3.63, 3.8) is 0 Å². The quantitative estimate of drug-likeness (QED) is 0.482. The van der Waals surface area contributed by atoms with Crippen LogP contribution in [0, 0.1) is 27.8 Å². The molecule has 1 saturated heterocycles. The van der Waals surface area contributed by atoms with Crippen LogP contribution in [0.3, 0.4) is 0 Å². The molecule has 0 bridgehead atoms. The van der Waals surface area contributed by atoms with Crippen LogP contribution in [0.2, 0.25) is 0 Å². The number of nitro benzene ring substituents is 1. The first kappa shape index (κ1) is 14.7. The number of benzene rings is 1. The number of halogens is 1. The molecule has 1 aliphatic heterocycles. The van der Waals surface area contributed by atoms with Crippen LogP contribution in [-0.4, -0.2) is 34.9 Å². The molecular formula is C14H17FN4O3. The second-order valence-corrected chi connectivity index (χ2v) is 6.02. The van der Waals surface area contributed by atoms with Crippen molar-refractivity contribution in [3.05, 3.63) is 33.6 Å². The van der Waals surface area contributed by atoms with Gasteiger partial charge in [0, 0.05) is 19.1 Å². The number of nitro groups is 1. The van der Waals surface area contributed by atoms with Crippen molar-refractivity contribution in [1.29, 1.82) is 0 Å². The number of rotatable bonds is 2. The van der Waals surface area contributed by atoms with Crippen LogP contribution in [0.1, 0.15) is 23.2 Å². The molecule has 0 aromatic heterocycles. The molecule has 1 heterocycles. The second-order valence-electron chi connectivity index (χ2n) is 6.02. The number of carbonyl (C=O) groups is 1. The monoisotopic (exact) mass is 308 g/mol. The minimum Gasteiger partial charge on any atom is -0.393 e. The third-order valence-electron chi connectivity index (χ3n) is 4.75. The van der Waals surface area contributed by atoms with Crippen molar-refractivity contribution in [3.8, 4) is 0 Å². The zero-order valence-corrected chi connectivity index (χ0v) is 11.9. The first-order chi connectivity index (χ1) is 10.4. The minimum atomic E-state index is -0.847. The van der Waals surface area contributed by atoms with E-state index >= 15 is 0 Å². The Balaban J connectivity index is 1.89. The van der Waals surface area contributed by atoms with Gasteiger partial charge in [-0.2, -0.15) is 0 Å². The van der Waals surface area contributed by atoms with Crippen molar-refractivity contribution in [1.82, 2.24) is 4.90 Å². The first-order valence-electron chi connectivity index (χ1n) is 7.16. The third kappa shape index (κ3) is 2.29. The smallest absolute Gasteiger partial charge is 0.295 e. The SMILES string of the molecule is Nc1c(C(=O)N2CC3CCC(N)C3C2)cc(F)cc1[N+](=O)[O-]. The average molecular weight is 308 g/mol. The summed E-state index contributed by atoms with van der Waals surface area (Å²) in [5, 5.41) is 10.9. The van der Waals surface area contributed by atoms with Gasteiger partial charge in [-0.1, -0.05) is 0 Å². The summed E-state index contributed by atoms with van der Waals surface area (Å²) in [6.45, 7) is 1.04. The van der Waals surface area contributed by atoms with Crippen molar-refractivity contribution in [2.24, 2.45) is 17.6 Å². The molecule has 8 heteroatoms. The lowest BCUT2D eigenvalue weighted by Gasteiger charge is -2.19. The van der Waals surface area contributed by atoms with E-state index in [1.807, 2.05) is 0 Å². The molecule has 1 aliphatic carbocycles. The molecular weight excluding hydrogens is 291 g/mol. The predicted octanol–water partition coefficient (Wildman–Crippen LogP) is 1.13. The number of nitrogens with two attached hydrogens (primary N) is 2. The standard InChI is InChI=1S/C14H17FN4O3/c15-8-3-9(13(17)12(4-8)19(21)22)14(20)18-5-7-1-2-11(16)10(7)6-18/h3-4,7,10-11H,1-2,5-6,16-17H2. The Labute approximate surface area is 126 Å². The highest BCUT2D eigenvalue weighted by Gasteiger charge is 2.43. The van der Waals surface area contributed by atoms with E-state index in [0.29, 0.717) is 19.0 Å². The Kier molecular flexibility index (Phi) is 3.48. The molecule has 2 fully saturated rings. The van der Waals surface area contributed by atoms with Crippen LogP contribution in [0.4, 0.5) is 15.8 Å². The van der Waals surface area contributed by atoms with E-state index in [1.54, 1.807) is 4.90 Å². The molecule has 2 aliphatic rings. The topological polar surface area (TPSA) is 115 Å². The zero-order valence-electron chi connectivity index (χ0n) is 11.9. The lowest BCUT2D eigenvalue weighted by Crippen LogP contribution is -2.34. The number of hydrogen-bond donors (Lipinski definition) is 2. The van der Waals surface area contributed by atoms with Gasteiger partial charge in [-0.3, -0.25) is 14.9 Å². The van der Waals surface area contributed by atoms with Gasteiger partial charge in [-0.05, 0) is 30.7 Å². The molecule has 0 spiro atoms. The first-order valence-corrected chi connectivity index (χ1v) is 7.16. The Hall–Kier alpha value is -2.22. The maximum atomic E-state index is 13.6. The van der Waals surface area contributed by atoms with Crippen LogP contribution < -0.4 is 11.5 Å². The summed E-state index contributed by atoms with van der Waals surface area (Å²) in [5.41, 5.74) is 10.7. The number of carbonyl (C=O) groups excluding carboxylic acids is 1. The molecule has 3 atom stereocenters. The van der Waals surface area contributed by atoms with Crippen LogP contribution in [-0.2, 0) is 0 Å². The molecule has 0 radical (unpaired) electrons. The molecule has 4 N–H and O–H groups in total.